The van der Waals surface area contributed by atoms with E-state index in [0.717, 1.165) is 47.4 Å². The Morgan fingerprint density at radius 3 is 2.73 bits per heavy atom. The molecule has 1 aromatic carbocycles. The number of hydrogen-bond donors (Lipinski definition) is 2. The van der Waals surface area contributed by atoms with Crippen LogP contribution in [0.2, 0.25) is 0 Å². The first kappa shape index (κ1) is 27.0. The summed E-state index contributed by atoms with van der Waals surface area (Å²) in [4.78, 5) is 29.7. The molecule has 9 heteroatoms. The number of hydrogen-bond acceptors (Lipinski definition) is 7. The lowest BCUT2D eigenvalue weighted by molar-refractivity contribution is -0.150. The highest BCUT2D eigenvalue weighted by molar-refractivity contribution is 5.81. The Hall–Kier alpha value is -3.01. The number of carbonyl (C=O) groups excluding carboxylic acids is 1. The largest absolute Gasteiger partial charge is 0.464 e. The van der Waals surface area contributed by atoms with Crippen LogP contribution in [0.15, 0.2) is 35.3 Å². The van der Waals surface area contributed by atoms with Gasteiger partial charge in [0.2, 0.25) is 0 Å². The summed E-state index contributed by atoms with van der Waals surface area (Å²) in [7, 11) is 1.75. The number of nitrogens with one attached hydrogen (secondary N) is 1. The van der Waals surface area contributed by atoms with Gasteiger partial charge in [0.1, 0.15) is 11.9 Å². The third-order valence-corrected chi connectivity index (χ3v) is 6.66. The first-order valence-corrected chi connectivity index (χ1v) is 13.0. The van der Waals surface area contributed by atoms with E-state index in [0.29, 0.717) is 25.3 Å². The molecule has 3 heterocycles. The Bertz CT molecular complexity index is 1280. The van der Waals surface area contributed by atoms with E-state index >= 15 is 0 Å². The maximum absolute atomic E-state index is 12.5. The Kier molecular flexibility index (Phi) is 8.46. The van der Waals surface area contributed by atoms with E-state index in [2.05, 4.69) is 9.88 Å². The predicted octanol–water partition coefficient (Wildman–Crippen LogP) is 2.93. The summed E-state index contributed by atoms with van der Waals surface area (Å²) >= 11 is 0. The van der Waals surface area contributed by atoms with Crippen molar-refractivity contribution in [3.05, 3.63) is 51.9 Å². The first-order chi connectivity index (χ1) is 17.6. The van der Waals surface area contributed by atoms with Crippen molar-refractivity contribution in [3.63, 3.8) is 0 Å². The molecule has 0 spiro atoms. The van der Waals surface area contributed by atoms with Crippen molar-refractivity contribution < 1.29 is 19.4 Å². The summed E-state index contributed by atoms with van der Waals surface area (Å²) in [5.74, 6) is 0.544. The fraction of sp³-hybridized carbons (Fsp3) is 0.536. The van der Waals surface area contributed by atoms with Crippen molar-refractivity contribution in [1.29, 1.82) is 0 Å². The van der Waals surface area contributed by atoms with E-state index in [-0.39, 0.29) is 17.6 Å². The third kappa shape index (κ3) is 6.29. The zero-order chi connectivity index (χ0) is 26.7. The highest BCUT2D eigenvalue weighted by Gasteiger charge is 2.25. The third-order valence-electron chi connectivity index (χ3n) is 6.66. The second-order valence-electron chi connectivity index (χ2n) is 10.5. The number of rotatable bonds is 10. The second-order valence-corrected chi connectivity index (χ2v) is 10.5. The lowest BCUT2D eigenvalue weighted by Gasteiger charge is -2.20. The minimum atomic E-state index is -0.895. The monoisotopic (exact) mass is 510 g/mol. The van der Waals surface area contributed by atoms with Crippen LogP contribution in [0.25, 0.3) is 22.4 Å². The van der Waals surface area contributed by atoms with Crippen molar-refractivity contribution in [2.24, 2.45) is 13.0 Å². The van der Waals surface area contributed by atoms with Gasteiger partial charge in [0.25, 0.3) is 5.56 Å². The van der Waals surface area contributed by atoms with Gasteiger partial charge in [-0.25, -0.2) is 4.98 Å². The van der Waals surface area contributed by atoms with Crippen molar-refractivity contribution in [1.82, 2.24) is 19.4 Å². The number of nitrogens with zero attached hydrogens (tertiary/aromatic N) is 3. The molecular weight excluding hydrogens is 472 g/mol. The summed E-state index contributed by atoms with van der Waals surface area (Å²) in [6.45, 7) is 9.45. The summed E-state index contributed by atoms with van der Waals surface area (Å²) < 4.78 is 15.0. The lowest BCUT2D eigenvalue weighted by Crippen LogP contribution is -2.45. The molecule has 9 nitrogen and oxygen atoms in total. The van der Waals surface area contributed by atoms with Gasteiger partial charge in [-0.05, 0) is 56.4 Å². The van der Waals surface area contributed by atoms with Crippen LogP contribution in [0.5, 0.6) is 0 Å². The van der Waals surface area contributed by atoms with Gasteiger partial charge in [0.15, 0.2) is 0 Å². The number of imidazole rings is 1. The standard InChI is InChI=1S/C28H38N4O5/c1-17(2)16-37-28(35)25(19(4)33)29-13-20-8-9-24-23(12-20)30-26(32(24)15-22-7-6-10-36-22)21-11-18(3)27(34)31(5)14-21/h8-9,11-12,14,17,19,22,25,29,33H,6-7,10,13,15-16H2,1-5H3/t19-,22?,25+/m1/s1. The van der Waals surface area contributed by atoms with E-state index in [9.17, 15) is 14.7 Å². The number of aliphatic hydroxyl groups is 1. The normalized spacial score (nSPS) is 17.4. The van der Waals surface area contributed by atoms with Gasteiger partial charge in [-0.2, -0.15) is 0 Å². The SMILES string of the molecule is Cc1cc(-c2nc3cc(CN[C@H](C(=O)OCC(C)C)[C@@H](C)O)ccc3n2CC2CCCO2)cn(C)c1=O. The molecule has 2 N–H and O–H groups in total. The van der Waals surface area contributed by atoms with Gasteiger partial charge in [0.05, 0.1) is 36.4 Å². The minimum absolute atomic E-state index is 0.0292. The number of aliphatic hydroxyl groups excluding tert-OH is 1. The van der Waals surface area contributed by atoms with Gasteiger partial charge in [-0.15, -0.1) is 0 Å². The number of aryl methyl sites for hydroxylation is 2. The molecule has 2 aromatic heterocycles. The van der Waals surface area contributed by atoms with Crippen LogP contribution in [0, 0.1) is 12.8 Å². The smallest absolute Gasteiger partial charge is 0.325 e. The van der Waals surface area contributed by atoms with Crippen LogP contribution in [-0.4, -0.2) is 56.7 Å². The zero-order valence-electron chi connectivity index (χ0n) is 22.4. The highest BCUT2D eigenvalue weighted by Crippen LogP contribution is 2.28. The van der Waals surface area contributed by atoms with Crippen LogP contribution in [0.4, 0.5) is 0 Å². The number of fused-ring (bicyclic) bond motifs is 1. The quantitative estimate of drug-likeness (QED) is 0.404. The first-order valence-electron chi connectivity index (χ1n) is 13.0. The predicted molar refractivity (Wildman–Crippen MR) is 142 cm³/mol. The summed E-state index contributed by atoms with van der Waals surface area (Å²) in [5, 5.41) is 13.3. The van der Waals surface area contributed by atoms with Gasteiger partial charge in [0, 0.05) is 37.5 Å². The molecule has 1 aliphatic heterocycles. The molecule has 1 unspecified atom stereocenters. The van der Waals surface area contributed by atoms with Crippen LogP contribution in [0.3, 0.4) is 0 Å². The van der Waals surface area contributed by atoms with Crippen LogP contribution < -0.4 is 10.9 Å². The van der Waals surface area contributed by atoms with Crippen LogP contribution >= 0.6 is 0 Å². The Labute approximate surface area is 217 Å². The van der Waals surface area contributed by atoms with E-state index in [1.807, 2.05) is 51.2 Å². The van der Waals surface area contributed by atoms with Gasteiger partial charge < -0.3 is 23.7 Å². The molecule has 3 atom stereocenters. The number of benzene rings is 1. The second kappa shape index (κ2) is 11.6. The number of pyridine rings is 1. The maximum atomic E-state index is 12.5. The molecule has 1 fully saturated rings. The molecule has 1 saturated heterocycles. The topological polar surface area (TPSA) is 108 Å². The molecular formula is C28H38N4O5. The van der Waals surface area contributed by atoms with Crippen molar-refractivity contribution in [3.8, 4) is 11.4 Å². The van der Waals surface area contributed by atoms with Gasteiger partial charge in [-0.1, -0.05) is 19.9 Å². The number of aromatic nitrogens is 3. The van der Waals surface area contributed by atoms with Crippen LogP contribution in [0.1, 0.15) is 44.7 Å². The van der Waals surface area contributed by atoms with Gasteiger partial charge >= 0.3 is 5.97 Å². The number of esters is 1. The highest BCUT2D eigenvalue weighted by atomic mass is 16.5. The summed E-state index contributed by atoms with van der Waals surface area (Å²) in [6.07, 6.45) is 3.09. The summed E-state index contributed by atoms with van der Waals surface area (Å²) in [6, 6.07) is 7.08. The molecule has 1 aliphatic rings. The van der Waals surface area contributed by atoms with Crippen molar-refractivity contribution >= 4 is 17.0 Å². The van der Waals surface area contributed by atoms with Gasteiger partial charge in [-0.3, -0.25) is 14.9 Å². The Balaban J connectivity index is 1.63. The molecule has 0 bridgehead atoms. The number of ether oxygens (including phenoxy) is 2. The van der Waals surface area contributed by atoms with E-state index in [1.54, 1.807) is 18.5 Å². The average Bonchev–Trinajstić information content (AvgIpc) is 3.49. The molecule has 37 heavy (non-hydrogen) atoms. The molecule has 0 radical (unpaired) electrons. The Morgan fingerprint density at radius 1 is 1.30 bits per heavy atom. The molecule has 0 amide bonds. The Morgan fingerprint density at radius 2 is 2.08 bits per heavy atom. The molecule has 200 valence electrons. The molecule has 4 rings (SSSR count). The minimum Gasteiger partial charge on any atom is -0.464 e. The molecule has 0 saturated carbocycles. The summed E-state index contributed by atoms with van der Waals surface area (Å²) in [5.41, 5.74) is 4.22. The van der Waals surface area contributed by atoms with Crippen LogP contribution in [-0.2, 0) is 34.4 Å². The maximum Gasteiger partial charge on any atom is 0.325 e. The average molecular weight is 511 g/mol. The number of carbonyl (C=O) groups is 1. The fourth-order valence-electron chi connectivity index (χ4n) is 4.70. The van der Waals surface area contributed by atoms with E-state index in [1.165, 1.54) is 0 Å². The van der Waals surface area contributed by atoms with E-state index in [4.69, 9.17) is 14.5 Å². The molecule has 0 aliphatic carbocycles. The zero-order valence-corrected chi connectivity index (χ0v) is 22.4. The van der Waals surface area contributed by atoms with E-state index < -0.39 is 18.1 Å². The van der Waals surface area contributed by atoms with Crippen molar-refractivity contribution in [2.45, 2.75) is 71.9 Å². The lowest BCUT2D eigenvalue weighted by atomic mass is 10.1. The molecule has 3 aromatic rings. The van der Waals surface area contributed by atoms with Crippen molar-refractivity contribution in [2.75, 3.05) is 13.2 Å². The fourth-order valence-corrected chi connectivity index (χ4v) is 4.70.